The first-order chi connectivity index (χ1) is 13.6. The van der Waals surface area contributed by atoms with Crippen LogP contribution in [0.5, 0.6) is 5.75 Å². The van der Waals surface area contributed by atoms with E-state index in [0.29, 0.717) is 11.6 Å². The van der Waals surface area contributed by atoms with E-state index in [2.05, 4.69) is 31.0 Å². The zero-order chi connectivity index (χ0) is 19.1. The van der Waals surface area contributed by atoms with Gasteiger partial charge in [-0.05, 0) is 38.4 Å². The van der Waals surface area contributed by atoms with Crippen molar-refractivity contribution in [1.29, 1.82) is 0 Å². The molecule has 5 heterocycles. The van der Waals surface area contributed by atoms with E-state index in [1.54, 1.807) is 18.6 Å². The van der Waals surface area contributed by atoms with E-state index in [4.69, 9.17) is 15.6 Å². The predicted molar refractivity (Wildman–Crippen MR) is 105 cm³/mol. The van der Waals surface area contributed by atoms with Crippen molar-refractivity contribution in [2.24, 2.45) is 0 Å². The van der Waals surface area contributed by atoms with Gasteiger partial charge in [0, 0.05) is 53.9 Å². The van der Waals surface area contributed by atoms with E-state index in [0.717, 1.165) is 42.9 Å². The molecule has 8 heteroatoms. The second-order valence-corrected chi connectivity index (χ2v) is 7.63. The molecule has 0 saturated carbocycles. The van der Waals surface area contributed by atoms with Crippen LogP contribution in [0, 0.1) is 0 Å². The van der Waals surface area contributed by atoms with Crippen molar-refractivity contribution in [3.8, 4) is 17.0 Å². The molecule has 1 saturated heterocycles. The fraction of sp³-hybridized carbons (Fsp3) is 0.400. The number of nitrogens with one attached hydrogen (secondary N) is 1. The van der Waals surface area contributed by atoms with Gasteiger partial charge in [0.25, 0.3) is 0 Å². The van der Waals surface area contributed by atoms with Gasteiger partial charge in [0.1, 0.15) is 12.4 Å². The molecule has 0 bridgehead atoms. The highest BCUT2D eigenvalue weighted by molar-refractivity contribution is 5.64. The number of hydrogen-bond donors (Lipinski definition) is 2. The fourth-order valence-electron chi connectivity index (χ4n) is 4.25. The lowest BCUT2D eigenvalue weighted by atomic mass is 9.82. The minimum atomic E-state index is -0.236. The number of fused-ring (bicyclic) bond motifs is 2. The molecule has 2 aliphatic heterocycles. The third-order valence-corrected chi connectivity index (χ3v) is 5.90. The third-order valence-electron chi connectivity index (χ3n) is 5.90. The molecule has 144 valence electrons. The van der Waals surface area contributed by atoms with E-state index in [1.165, 1.54) is 18.4 Å². The van der Waals surface area contributed by atoms with Gasteiger partial charge in [0.15, 0.2) is 11.6 Å². The highest BCUT2D eigenvalue weighted by Crippen LogP contribution is 2.41. The number of aryl methyl sites for hydroxylation is 1. The van der Waals surface area contributed by atoms with E-state index < -0.39 is 0 Å². The molecule has 0 radical (unpaired) electrons. The Hall–Kier alpha value is -3.00. The van der Waals surface area contributed by atoms with Gasteiger partial charge in [-0.25, -0.2) is 15.0 Å². The van der Waals surface area contributed by atoms with Crippen molar-refractivity contribution < 1.29 is 4.74 Å². The standard InChI is InChI=1S/C20H23N7O/c1-13(15-8-23-12-24-9-15)28-17-6-14(10-25-19(17)21)16-7-18-20(2-4-22-11-20)3-5-27(18)26-16/h6-10,12-13,22H,2-5,11H2,1H3,(H2,21,25)/t13-,20+/m1/s1. The Balaban J connectivity index is 1.44. The summed E-state index contributed by atoms with van der Waals surface area (Å²) in [5.74, 6) is 0.898. The molecule has 0 unspecified atom stereocenters. The van der Waals surface area contributed by atoms with Gasteiger partial charge >= 0.3 is 0 Å². The number of nitrogens with two attached hydrogens (primary N) is 1. The van der Waals surface area contributed by atoms with Crippen LogP contribution in [0.3, 0.4) is 0 Å². The fourth-order valence-corrected chi connectivity index (χ4v) is 4.25. The Morgan fingerprint density at radius 1 is 1.21 bits per heavy atom. The summed E-state index contributed by atoms with van der Waals surface area (Å²) < 4.78 is 8.19. The molecule has 1 spiro atoms. The summed E-state index contributed by atoms with van der Waals surface area (Å²) in [6.45, 7) is 5.01. The van der Waals surface area contributed by atoms with E-state index in [1.807, 2.05) is 13.0 Å². The Kier molecular flexibility index (Phi) is 4.01. The number of aromatic nitrogens is 5. The number of ether oxygens (including phenoxy) is 1. The SMILES string of the molecule is C[C@@H](Oc1cc(-c2cc3n(n2)CC[C@]32CCNC2)cnc1N)c1cncnc1. The summed E-state index contributed by atoms with van der Waals surface area (Å²) in [5, 5.41) is 8.32. The highest BCUT2D eigenvalue weighted by Gasteiger charge is 2.42. The van der Waals surface area contributed by atoms with Crippen LogP contribution in [0.2, 0.25) is 0 Å². The summed E-state index contributed by atoms with van der Waals surface area (Å²) in [6.07, 6.45) is 8.82. The van der Waals surface area contributed by atoms with Crippen molar-refractivity contribution in [3.05, 3.63) is 48.3 Å². The first-order valence-electron chi connectivity index (χ1n) is 9.61. The molecule has 1 fully saturated rings. The van der Waals surface area contributed by atoms with Crippen molar-refractivity contribution in [3.63, 3.8) is 0 Å². The first-order valence-corrected chi connectivity index (χ1v) is 9.61. The minimum Gasteiger partial charge on any atom is -0.482 e. The summed E-state index contributed by atoms with van der Waals surface area (Å²) in [6, 6.07) is 4.12. The Morgan fingerprint density at radius 3 is 2.86 bits per heavy atom. The van der Waals surface area contributed by atoms with E-state index in [-0.39, 0.29) is 11.5 Å². The molecule has 2 aliphatic rings. The zero-order valence-electron chi connectivity index (χ0n) is 15.8. The average Bonchev–Trinajstić information content (AvgIpc) is 3.43. The third kappa shape index (κ3) is 2.80. The van der Waals surface area contributed by atoms with Crippen LogP contribution in [-0.2, 0) is 12.0 Å². The molecule has 28 heavy (non-hydrogen) atoms. The van der Waals surface area contributed by atoms with Gasteiger partial charge < -0.3 is 15.8 Å². The van der Waals surface area contributed by atoms with Gasteiger partial charge in [0.2, 0.25) is 0 Å². The summed E-state index contributed by atoms with van der Waals surface area (Å²) in [4.78, 5) is 12.4. The molecular formula is C20H23N7O. The van der Waals surface area contributed by atoms with Gasteiger partial charge in [-0.1, -0.05) is 0 Å². The molecule has 0 aliphatic carbocycles. The van der Waals surface area contributed by atoms with Crippen molar-refractivity contribution in [2.75, 3.05) is 18.8 Å². The number of nitrogen functional groups attached to an aromatic ring is 1. The number of nitrogens with zero attached hydrogens (tertiary/aromatic N) is 5. The van der Waals surface area contributed by atoms with Crippen molar-refractivity contribution in [2.45, 2.75) is 37.8 Å². The van der Waals surface area contributed by atoms with E-state index in [9.17, 15) is 0 Å². The summed E-state index contributed by atoms with van der Waals surface area (Å²) in [7, 11) is 0. The van der Waals surface area contributed by atoms with Crippen molar-refractivity contribution in [1.82, 2.24) is 30.0 Å². The van der Waals surface area contributed by atoms with Crippen LogP contribution in [0.4, 0.5) is 5.82 Å². The predicted octanol–water partition coefficient (Wildman–Crippen LogP) is 2.09. The molecule has 2 atom stereocenters. The zero-order valence-corrected chi connectivity index (χ0v) is 15.8. The lowest BCUT2D eigenvalue weighted by Gasteiger charge is -2.20. The Morgan fingerprint density at radius 2 is 2.07 bits per heavy atom. The maximum atomic E-state index is 6.06. The normalized spacial score (nSPS) is 21.8. The Labute approximate surface area is 163 Å². The Bertz CT molecular complexity index is 995. The lowest BCUT2D eigenvalue weighted by molar-refractivity contribution is 0.227. The van der Waals surface area contributed by atoms with Crippen molar-refractivity contribution >= 4 is 5.82 Å². The molecule has 3 aromatic heterocycles. The molecule has 0 amide bonds. The topological polar surface area (TPSA) is 104 Å². The lowest BCUT2D eigenvalue weighted by Crippen LogP contribution is -2.25. The van der Waals surface area contributed by atoms with Gasteiger partial charge in [-0.3, -0.25) is 4.68 Å². The second-order valence-electron chi connectivity index (χ2n) is 7.63. The molecule has 0 aromatic carbocycles. The average molecular weight is 377 g/mol. The maximum Gasteiger partial charge on any atom is 0.166 e. The van der Waals surface area contributed by atoms with Gasteiger partial charge in [0.05, 0.1) is 5.69 Å². The van der Waals surface area contributed by atoms with Gasteiger partial charge in [-0.2, -0.15) is 5.10 Å². The molecule has 3 N–H and O–H groups in total. The monoisotopic (exact) mass is 377 g/mol. The number of hydrogen-bond acceptors (Lipinski definition) is 7. The molecule has 3 aromatic rings. The molecular weight excluding hydrogens is 354 g/mol. The molecule has 5 rings (SSSR count). The van der Waals surface area contributed by atoms with Crippen LogP contribution in [0.1, 0.15) is 37.1 Å². The summed E-state index contributed by atoms with van der Waals surface area (Å²) in [5.41, 5.74) is 10.3. The van der Waals surface area contributed by atoms with E-state index >= 15 is 0 Å². The minimum absolute atomic E-state index is 0.230. The first kappa shape index (κ1) is 17.1. The summed E-state index contributed by atoms with van der Waals surface area (Å²) >= 11 is 0. The second kappa shape index (κ2) is 6.56. The molecule has 8 nitrogen and oxygen atoms in total. The quantitative estimate of drug-likeness (QED) is 0.717. The van der Waals surface area contributed by atoms with Crippen LogP contribution < -0.4 is 15.8 Å². The number of anilines is 1. The van der Waals surface area contributed by atoms with Crippen LogP contribution >= 0.6 is 0 Å². The van der Waals surface area contributed by atoms with Gasteiger partial charge in [-0.15, -0.1) is 0 Å². The number of rotatable bonds is 4. The number of pyridine rings is 1. The smallest absolute Gasteiger partial charge is 0.166 e. The van der Waals surface area contributed by atoms with Crippen LogP contribution in [-0.4, -0.2) is 37.8 Å². The van der Waals surface area contributed by atoms with Crippen LogP contribution in [0.15, 0.2) is 37.1 Å². The largest absolute Gasteiger partial charge is 0.482 e. The highest BCUT2D eigenvalue weighted by atomic mass is 16.5. The maximum absolute atomic E-state index is 6.06. The van der Waals surface area contributed by atoms with Crippen LogP contribution in [0.25, 0.3) is 11.3 Å².